The summed E-state index contributed by atoms with van der Waals surface area (Å²) in [6, 6.07) is 4.71. The molecule has 3 rings (SSSR count). The Kier molecular flexibility index (Phi) is 4.20. The van der Waals surface area contributed by atoms with E-state index < -0.39 is 0 Å². The van der Waals surface area contributed by atoms with Crippen molar-refractivity contribution in [2.45, 2.75) is 52.5 Å². The van der Waals surface area contributed by atoms with Crippen molar-refractivity contribution in [1.29, 1.82) is 0 Å². The average molecular weight is 308 g/mol. The maximum atomic E-state index is 6.31. The van der Waals surface area contributed by atoms with Crippen LogP contribution in [0.25, 0.3) is 0 Å². The molecule has 0 amide bonds. The van der Waals surface area contributed by atoms with Crippen molar-refractivity contribution < 1.29 is 4.74 Å². The Balaban J connectivity index is 1.83. The van der Waals surface area contributed by atoms with E-state index in [-0.39, 0.29) is 0 Å². The lowest BCUT2D eigenvalue weighted by Crippen LogP contribution is -2.38. The summed E-state index contributed by atoms with van der Waals surface area (Å²) < 4.78 is 5.88. The molecule has 2 aliphatic rings. The number of ether oxygens (including phenoxy) is 1. The van der Waals surface area contributed by atoms with E-state index >= 15 is 0 Å². The van der Waals surface area contributed by atoms with Crippen molar-refractivity contribution in [2.24, 2.45) is 11.3 Å². The molecule has 0 spiro atoms. The molecule has 0 bridgehead atoms. The Morgan fingerprint density at radius 1 is 1.38 bits per heavy atom. The quantitative estimate of drug-likeness (QED) is 0.849. The minimum Gasteiger partial charge on any atom is -0.493 e. The Labute approximate surface area is 133 Å². The third-order valence-electron chi connectivity index (χ3n) is 4.90. The normalized spacial score (nSPS) is 20.2. The first-order valence-corrected chi connectivity index (χ1v) is 8.53. The molecule has 0 aromatic heterocycles. The van der Waals surface area contributed by atoms with E-state index in [4.69, 9.17) is 16.3 Å². The fourth-order valence-electron chi connectivity index (χ4n) is 3.48. The van der Waals surface area contributed by atoms with E-state index in [1.165, 1.54) is 24.0 Å². The average Bonchev–Trinajstić information content (AvgIpc) is 3.17. The van der Waals surface area contributed by atoms with Gasteiger partial charge in [0.15, 0.2) is 0 Å². The van der Waals surface area contributed by atoms with Crippen LogP contribution in [0.4, 0.5) is 0 Å². The zero-order valence-corrected chi connectivity index (χ0v) is 14.1. The molecule has 0 saturated heterocycles. The monoisotopic (exact) mass is 307 g/mol. The molecule has 3 heteroatoms. The van der Waals surface area contributed by atoms with Gasteiger partial charge in [0.05, 0.1) is 6.61 Å². The number of hydrogen-bond acceptors (Lipinski definition) is 2. The van der Waals surface area contributed by atoms with Gasteiger partial charge in [-0.25, -0.2) is 0 Å². The van der Waals surface area contributed by atoms with Crippen LogP contribution in [0.5, 0.6) is 5.75 Å². The molecule has 1 heterocycles. The zero-order valence-electron chi connectivity index (χ0n) is 13.3. The van der Waals surface area contributed by atoms with E-state index in [0.29, 0.717) is 11.5 Å². The molecule has 1 atom stereocenters. The van der Waals surface area contributed by atoms with Crippen LogP contribution in [-0.2, 0) is 12.8 Å². The van der Waals surface area contributed by atoms with Crippen LogP contribution < -0.4 is 10.1 Å². The van der Waals surface area contributed by atoms with Crippen LogP contribution in [0.3, 0.4) is 0 Å². The van der Waals surface area contributed by atoms with Gasteiger partial charge in [-0.2, -0.15) is 0 Å². The van der Waals surface area contributed by atoms with Crippen LogP contribution >= 0.6 is 11.6 Å². The number of benzene rings is 1. The predicted molar refractivity (Wildman–Crippen MR) is 88.3 cm³/mol. The van der Waals surface area contributed by atoms with Gasteiger partial charge in [-0.15, -0.1) is 0 Å². The molecule has 21 heavy (non-hydrogen) atoms. The molecule has 1 aliphatic carbocycles. The van der Waals surface area contributed by atoms with Gasteiger partial charge >= 0.3 is 0 Å². The van der Waals surface area contributed by atoms with Crippen molar-refractivity contribution in [1.82, 2.24) is 5.32 Å². The van der Waals surface area contributed by atoms with E-state index in [9.17, 15) is 0 Å². The van der Waals surface area contributed by atoms with Crippen LogP contribution in [0, 0.1) is 11.3 Å². The molecular formula is C18H26ClNO. The Bertz CT molecular complexity index is 524. The second-order valence-electron chi connectivity index (χ2n) is 7.29. The van der Waals surface area contributed by atoms with Gasteiger partial charge in [-0.05, 0) is 53.9 Å². The molecule has 1 aromatic carbocycles. The summed E-state index contributed by atoms with van der Waals surface area (Å²) in [5, 5.41) is 4.49. The molecular weight excluding hydrogens is 282 g/mol. The standard InChI is InChI=1S/C18H26ClNO/c1-12(2)20-11-18(3,15-4-5-15)10-14-9-16(19)8-13-6-7-21-17(13)14/h8-9,12,15,20H,4-7,10-11H2,1-3H3. The summed E-state index contributed by atoms with van der Waals surface area (Å²) in [5.74, 6) is 1.94. The number of halogens is 1. The van der Waals surface area contributed by atoms with Gasteiger partial charge in [0.1, 0.15) is 5.75 Å². The van der Waals surface area contributed by atoms with Gasteiger partial charge in [-0.1, -0.05) is 32.4 Å². The number of nitrogens with one attached hydrogen (secondary N) is 1. The van der Waals surface area contributed by atoms with Gasteiger partial charge in [0, 0.05) is 24.0 Å². The summed E-state index contributed by atoms with van der Waals surface area (Å²) in [4.78, 5) is 0. The first-order valence-electron chi connectivity index (χ1n) is 8.15. The zero-order chi connectivity index (χ0) is 15.0. The van der Waals surface area contributed by atoms with Crippen molar-refractivity contribution in [3.63, 3.8) is 0 Å². The summed E-state index contributed by atoms with van der Waals surface area (Å²) in [6.07, 6.45) is 4.77. The summed E-state index contributed by atoms with van der Waals surface area (Å²) in [6.45, 7) is 8.72. The second-order valence-corrected chi connectivity index (χ2v) is 7.73. The third kappa shape index (κ3) is 3.37. The molecule has 0 radical (unpaired) electrons. The highest BCUT2D eigenvalue weighted by Crippen LogP contribution is 2.48. The van der Waals surface area contributed by atoms with Crippen molar-refractivity contribution >= 4 is 11.6 Å². The van der Waals surface area contributed by atoms with Gasteiger partial charge in [-0.3, -0.25) is 0 Å². The van der Waals surface area contributed by atoms with E-state index in [0.717, 1.165) is 42.7 Å². The summed E-state index contributed by atoms with van der Waals surface area (Å²) in [5.41, 5.74) is 2.89. The molecule has 2 nitrogen and oxygen atoms in total. The summed E-state index contributed by atoms with van der Waals surface area (Å²) >= 11 is 6.31. The topological polar surface area (TPSA) is 21.3 Å². The van der Waals surface area contributed by atoms with Crippen molar-refractivity contribution in [2.75, 3.05) is 13.2 Å². The third-order valence-corrected chi connectivity index (χ3v) is 5.11. The number of hydrogen-bond donors (Lipinski definition) is 1. The largest absolute Gasteiger partial charge is 0.493 e. The molecule has 1 N–H and O–H groups in total. The van der Waals surface area contributed by atoms with E-state index in [1.54, 1.807) is 0 Å². The van der Waals surface area contributed by atoms with Crippen molar-refractivity contribution in [3.8, 4) is 5.75 Å². The lowest BCUT2D eigenvalue weighted by atomic mass is 9.78. The van der Waals surface area contributed by atoms with E-state index in [1.807, 2.05) is 0 Å². The maximum Gasteiger partial charge on any atom is 0.125 e. The van der Waals surface area contributed by atoms with Gasteiger partial charge < -0.3 is 10.1 Å². The fraction of sp³-hybridized carbons (Fsp3) is 0.667. The SMILES string of the molecule is CC(C)NCC(C)(Cc1cc(Cl)cc2c1OCC2)C1CC1. The number of fused-ring (bicyclic) bond motifs is 1. The molecule has 1 fully saturated rings. The minimum atomic E-state index is 0.300. The lowest BCUT2D eigenvalue weighted by Gasteiger charge is -2.32. The molecule has 1 aliphatic heterocycles. The molecule has 1 aromatic rings. The minimum absolute atomic E-state index is 0.300. The lowest BCUT2D eigenvalue weighted by molar-refractivity contribution is 0.244. The van der Waals surface area contributed by atoms with Crippen molar-refractivity contribution in [3.05, 3.63) is 28.3 Å². The Morgan fingerprint density at radius 2 is 2.14 bits per heavy atom. The predicted octanol–water partition coefficient (Wildman–Crippen LogP) is 4.23. The molecule has 1 saturated carbocycles. The smallest absolute Gasteiger partial charge is 0.125 e. The van der Waals surface area contributed by atoms with Crippen LogP contribution in [-0.4, -0.2) is 19.2 Å². The fourth-order valence-corrected chi connectivity index (χ4v) is 3.74. The van der Waals surface area contributed by atoms with Crippen LogP contribution in [0.2, 0.25) is 5.02 Å². The highest BCUT2D eigenvalue weighted by Gasteiger charge is 2.42. The number of rotatable bonds is 6. The van der Waals surface area contributed by atoms with Crippen LogP contribution in [0.15, 0.2) is 12.1 Å². The Hall–Kier alpha value is -0.730. The molecule has 1 unspecified atom stereocenters. The van der Waals surface area contributed by atoms with Crippen LogP contribution in [0.1, 0.15) is 44.7 Å². The second kappa shape index (κ2) is 5.81. The van der Waals surface area contributed by atoms with Gasteiger partial charge in [0.25, 0.3) is 0 Å². The maximum absolute atomic E-state index is 6.31. The molecule has 116 valence electrons. The highest BCUT2D eigenvalue weighted by atomic mass is 35.5. The highest BCUT2D eigenvalue weighted by molar-refractivity contribution is 6.30. The Morgan fingerprint density at radius 3 is 2.81 bits per heavy atom. The van der Waals surface area contributed by atoms with Gasteiger partial charge in [0.2, 0.25) is 0 Å². The first kappa shape index (κ1) is 15.2. The first-order chi connectivity index (χ1) is 9.98. The summed E-state index contributed by atoms with van der Waals surface area (Å²) in [7, 11) is 0. The van der Waals surface area contributed by atoms with E-state index in [2.05, 4.69) is 38.2 Å².